The Hall–Kier alpha value is -2.67. The van der Waals surface area contributed by atoms with E-state index in [2.05, 4.69) is 4.98 Å². The van der Waals surface area contributed by atoms with Crippen LogP contribution in [0.3, 0.4) is 0 Å². The van der Waals surface area contributed by atoms with Crippen molar-refractivity contribution in [3.05, 3.63) is 48.0 Å². The maximum atomic E-state index is 14.0. The molecule has 30 heavy (non-hydrogen) atoms. The Bertz CT molecular complexity index is 882. The van der Waals surface area contributed by atoms with Crippen molar-refractivity contribution < 1.29 is 23.8 Å². The van der Waals surface area contributed by atoms with E-state index in [4.69, 9.17) is 14.6 Å². The van der Waals surface area contributed by atoms with Crippen LogP contribution in [0.25, 0.3) is 11.1 Å². The highest BCUT2D eigenvalue weighted by Gasteiger charge is 2.35. The second-order valence-electron chi connectivity index (χ2n) is 8.51. The fraction of sp³-hybridized carbons (Fsp3) is 0.478. The molecule has 1 amide bonds. The van der Waals surface area contributed by atoms with Crippen LogP contribution in [0.1, 0.15) is 39.2 Å². The average Bonchev–Trinajstić information content (AvgIpc) is 2.64. The number of aryl methyl sites for hydroxylation is 1. The highest BCUT2D eigenvalue weighted by molar-refractivity contribution is 5.69. The average molecular weight is 416 g/mol. The number of aliphatic hydroxyl groups is 1. The first-order valence-corrected chi connectivity index (χ1v) is 10.2. The van der Waals surface area contributed by atoms with E-state index in [1.54, 1.807) is 17.3 Å². The second-order valence-corrected chi connectivity index (χ2v) is 8.51. The van der Waals surface area contributed by atoms with Crippen LogP contribution >= 0.6 is 0 Å². The number of carbonyl (C=O) groups is 1. The molecule has 1 unspecified atom stereocenters. The third-order valence-corrected chi connectivity index (χ3v) is 4.84. The van der Waals surface area contributed by atoms with Crippen LogP contribution in [0.2, 0.25) is 0 Å². The summed E-state index contributed by atoms with van der Waals surface area (Å²) in [4.78, 5) is 18.1. The van der Waals surface area contributed by atoms with E-state index in [1.165, 1.54) is 12.1 Å². The van der Waals surface area contributed by atoms with Crippen molar-refractivity contribution in [3.63, 3.8) is 0 Å². The molecule has 1 aromatic heterocycles. The van der Waals surface area contributed by atoms with E-state index in [0.29, 0.717) is 37.3 Å². The molecule has 7 heteroatoms. The third-order valence-electron chi connectivity index (χ3n) is 4.84. The lowest BCUT2D eigenvalue weighted by molar-refractivity contribution is -0.0141. The minimum absolute atomic E-state index is 0.0391. The quantitative estimate of drug-likeness (QED) is 0.732. The summed E-state index contributed by atoms with van der Waals surface area (Å²) in [5, 5.41) is 9.00. The Morgan fingerprint density at radius 2 is 2.03 bits per heavy atom. The van der Waals surface area contributed by atoms with Crippen LogP contribution < -0.4 is 4.74 Å². The molecule has 3 rings (SSSR count). The second kappa shape index (κ2) is 9.43. The summed E-state index contributed by atoms with van der Waals surface area (Å²) in [5.41, 5.74) is 1.75. The van der Waals surface area contributed by atoms with Crippen molar-refractivity contribution in [1.29, 1.82) is 0 Å². The number of hydrogen-bond donors (Lipinski definition) is 1. The van der Waals surface area contributed by atoms with Gasteiger partial charge in [0.25, 0.3) is 0 Å². The number of pyridine rings is 1. The van der Waals surface area contributed by atoms with E-state index in [0.717, 1.165) is 17.5 Å². The minimum Gasteiger partial charge on any atom is -0.490 e. The van der Waals surface area contributed by atoms with Gasteiger partial charge in [0.05, 0.1) is 12.2 Å². The van der Waals surface area contributed by atoms with Gasteiger partial charge in [-0.3, -0.25) is 4.98 Å². The zero-order valence-corrected chi connectivity index (χ0v) is 17.7. The summed E-state index contributed by atoms with van der Waals surface area (Å²) in [6.45, 7) is 6.59. The molecule has 1 atom stereocenters. The zero-order chi connectivity index (χ0) is 21.7. The van der Waals surface area contributed by atoms with Gasteiger partial charge in [-0.2, -0.15) is 0 Å². The number of carbonyl (C=O) groups excluding carboxylic acids is 1. The van der Waals surface area contributed by atoms with Crippen molar-refractivity contribution in [1.82, 2.24) is 9.88 Å². The van der Waals surface area contributed by atoms with Gasteiger partial charge in [-0.05, 0) is 69.4 Å². The van der Waals surface area contributed by atoms with Gasteiger partial charge in [-0.1, -0.05) is 6.07 Å². The molecule has 0 radical (unpaired) electrons. The van der Waals surface area contributed by atoms with Crippen molar-refractivity contribution >= 4 is 6.09 Å². The lowest BCUT2D eigenvalue weighted by Crippen LogP contribution is -2.55. The lowest BCUT2D eigenvalue weighted by Gasteiger charge is -2.40. The van der Waals surface area contributed by atoms with Gasteiger partial charge < -0.3 is 19.5 Å². The number of likely N-dealkylation sites (tertiary alicyclic amines) is 1. The van der Waals surface area contributed by atoms with Gasteiger partial charge in [0.2, 0.25) is 0 Å². The summed E-state index contributed by atoms with van der Waals surface area (Å²) < 4.78 is 25.3. The van der Waals surface area contributed by atoms with Gasteiger partial charge in [-0.15, -0.1) is 0 Å². The van der Waals surface area contributed by atoms with E-state index in [1.807, 2.05) is 32.9 Å². The highest BCUT2D eigenvalue weighted by atomic mass is 19.1. The molecule has 1 aromatic carbocycles. The Morgan fingerprint density at radius 3 is 2.70 bits per heavy atom. The van der Waals surface area contributed by atoms with Gasteiger partial charge in [-0.25, -0.2) is 9.18 Å². The third kappa shape index (κ3) is 5.92. The number of ether oxygens (including phenoxy) is 2. The van der Waals surface area contributed by atoms with Gasteiger partial charge >= 0.3 is 6.09 Å². The van der Waals surface area contributed by atoms with Crippen LogP contribution in [-0.2, 0) is 11.2 Å². The molecule has 0 aliphatic carbocycles. The lowest BCUT2D eigenvalue weighted by atomic mass is 10.0. The number of nitrogens with zero attached hydrogens (tertiary/aromatic N) is 2. The molecular formula is C23H29FN2O4. The van der Waals surface area contributed by atoms with Crippen molar-refractivity contribution in [2.75, 3.05) is 19.8 Å². The number of aromatic nitrogens is 1. The number of halogens is 1. The Balaban J connectivity index is 1.64. The molecular weight excluding hydrogens is 387 g/mol. The zero-order valence-electron chi connectivity index (χ0n) is 17.7. The van der Waals surface area contributed by atoms with Crippen molar-refractivity contribution in [2.45, 2.75) is 51.7 Å². The van der Waals surface area contributed by atoms with E-state index in [-0.39, 0.29) is 24.6 Å². The maximum Gasteiger partial charge on any atom is 0.410 e. The molecule has 1 saturated heterocycles. The van der Waals surface area contributed by atoms with Crippen LogP contribution in [-0.4, -0.2) is 52.5 Å². The molecule has 6 nitrogen and oxygen atoms in total. The summed E-state index contributed by atoms with van der Waals surface area (Å²) >= 11 is 0. The molecule has 1 aliphatic heterocycles. The number of benzene rings is 1. The largest absolute Gasteiger partial charge is 0.490 e. The minimum atomic E-state index is -0.530. The molecule has 162 valence electrons. The Morgan fingerprint density at radius 1 is 1.23 bits per heavy atom. The van der Waals surface area contributed by atoms with E-state index >= 15 is 0 Å². The maximum absolute atomic E-state index is 14.0. The van der Waals surface area contributed by atoms with Crippen LogP contribution in [0.15, 0.2) is 36.7 Å². The van der Waals surface area contributed by atoms with Gasteiger partial charge in [0.15, 0.2) is 0 Å². The number of aliphatic hydroxyl groups excluding tert-OH is 1. The predicted octanol–water partition coefficient (Wildman–Crippen LogP) is 4.20. The fourth-order valence-electron chi connectivity index (χ4n) is 3.27. The van der Waals surface area contributed by atoms with Gasteiger partial charge in [0, 0.05) is 24.9 Å². The molecule has 1 N–H and O–H groups in total. The van der Waals surface area contributed by atoms with Gasteiger partial charge in [0.1, 0.15) is 23.8 Å². The van der Waals surface area contributed by atoms with E-state index in [9.17, 15) is 9.18 Å². The van der Waals surface area contributed by atoms with Crippen molar-refractivity contribution in [2.24, 2.45) is 0 Å². The first-order valence-electron chi connectivity index (χ1n) is 10.2. The summed E-state index contributed by atoms with van der Waals surface area (Å²) in [6, 6.07) is 6.61. The predicted molar refractivity (Wildman–Crippen MR) is 112 cm³/mol. The molecule has 0 saturated carbocycles. The standard InChI is InChI=1S/C23H29FN2O4/c1-23(2,3)30-22(28)26-7-6-20(26)15-29-21-12-18(13-25-14-21)17-9-16(5-4-8-27)10-19(24)11-17/h9-14,20,27H,4-8,15H2,1-3H3. The fourth-order valence-corrected chi connectivity index (χ4v) is 3.27. The molecule has 2 heterocycles. The van der Waals surface area contributed by atoms with Crippen LogP contribution in [0, 0.1) is 5.82 Å². The summed E-state index contributed by atoms with van der Waals surface area (Å²) in [7, 11) is 0. The topological polar surface area (TPSA) is 71.9 Å². The van der Waals surface area contributed by atoms with E-state index < -0.39 is 5.60 Å². The number of rotatable bonds is 7. The molecule has 0 spiro atoms. The van der Waals surface area contributed by atoms with Crippen molar-refractivity contribution in [3.8, 4) is 16.9 Å². The Kier molecular flexibility index (Phi) is 6.92. The smallest absolute Gasteiger partial charge is 0.410 e. The first kappa shape index (κ1) is 22.0. The first-order chi connectivity index (χ1) is 14.2. The SMILES string of the molecule is CC(C)(C)OC(=O)N1CCC1COc1cncc(-c2cc(F)cc(CCCO)c2)c1. The van der Waals surface area contributed by atoms with Crippen LogP contribution in [0.4, 0.5) is 9.18 Å². The molecule has 1 fully saturated rings. The molecule has 0 bridgehead atoms. The summed E-state index contributed by atoms with van der Waals surface area (Å²) in [6.07, 6.45) is 4.97. The Labute approximate surface area is 176 Å². The number of amides is 1. The molecule has 2 aromatic rings. The molecule has 1 aliphatic rings. The monoisotopic (exact) mass is 416 g/mol. The number of hydrogen-bond acceptors (Lipinski definition) is 5. The normalized spacial score (nSPS) is 16.2. The summed E-state index contributed by atoms with van der Waals surface area (Å²) in [5.74, 6) is 0.235. The van der Waals surface area contributed by atoms with Crippen LogP contribution in [0.5, 0.6) is 5.75 Å². The highest BCUT2D eigenvalue weighted by Crippen LogP contribution is 2.27.